The van der Waals surface area contributed by atoms with Crippen LogP contribution < -0.4 is 10.5 Å². The third-order valence-corrected chi connectivity index (χ3v) is 4.02. The van der Waals surface area contributed by atoms with Crippen LogP contribution in [0.3, 0.4) is 0 Å². The smallest absolute Gasteiger partial charge is 0.269 e. The molecular weight excluding hydrogens is 308 g/mol. The van der Waals surface area contributed by atoms with Crippen molar-refractivity contribution in [2.45, 2.75) is 4.90 Å². The molecule has 0 fully saturated rings. The van der Waals surface area contributed by atoms with Crippen molar-refractivity contribution >= 4 is 44.6 Å². The minimum atomic E-state index is -3.96. The molecule has 10 nitrogen and oxygen atoms in total. The standard InChI is InChI=1S/C8H7ClN8O2S/c9-5-4-7(12-2-11-4)15-8(14-5)17-20(18,19)3-1-13-16-6(3)10/h1-2H,(H3,10,13,16)(H2,11,12,14,15,17). The highest BCUT2D eigenvalue weighted by Gasteiger charge is 2.21. The van der Waals surface area contributed by atoms with Crippen LogP contribution in [0, 0.1) is 0 Å². The van der Waals surface area contributed by atoms with E-state index in [2.05, 4.69) is 34.9 Å². The van der Waals surface area contributed by atoms with Crippen molar-refractivity contribution in [1.82, 2.24) is 30.1 Å². The van der Waals surface area contributed by atoms with E-state index in [1.54, 1.807) is 0 Å². The Kier molecular flexibility index (Phi) is 2.72. The van der Waals surface area contributed by atoms with Crippen molar-refractivity contribution in [3.63, 3.8) is 0 Å². The van der Waals surface area contributed by atoms with Crippen molar-refractivity contribution in [1.29, 1.82) is 0 Å². The molecule has 104 valence electrons. The maximum atomic E-state index is 12.1. The van der Waals surface area contributed by atoms with Gasteiger partial charge in [0.2, 0.25) is 5.95 Å². The first-order valence-corrected chi connectivity index (χ1v) is 7.02. The number of nitrogens with one attached hydrogen (secondary N) is 3. The number of fused-ring (bicyclic) bond motifs is 1. The molecule has 0 aliphatic rings. The SMILES string of the molecule is Nc1[nH]ncc1S(=O)(=O)Nc1nc(Cl)c2[nH]cnc2n1. The van der Waals surface area contributed by atoms with Gasteiger partial charge in [0.05, 0.1) is 12.5 Å². The summed E-state index contributed by atoms with van der Waals surface area (Å²) in [7, 11) is -3.96. The third kappa shape index (κ3) is 2.02. The summed E-state index contributed by atoms with van der Waals surface area (Å²) in [5, 5.41) is 5.90. The fourth-order valence-electron chi connectivity index (χ4n) is 1.52. The summed E-state index contributed by atoms with van der Waals surface area (Å²) in [5.41, 5.74) is 6.12. The number of hydrogen-bond donors (Lipinski definition) is 4. The van der Waals surface area contributed by atoms with E-state index in [4.69, 9.17) is 17.3 Å². The number of aromatic amines is 2. The molecule has 0 aromatic carbocycles. The first-order valence-electron chi connectivity index (χ1n) is 5.15. The molecule has 3 aromatic rings. The van der Waals surface area contributed by atoms with E-state index in [0.29, 0.717) is 5.52 Å². The molecule has 12 heteroatoms. The first kappa shape index (κ1) is 12.6. The molecule has 0 spiro atoms. The maximum absolute atomic E-state index is 12.1. The molecule has 3 rings (SSSR count). The molecule has 20 heavy (non-hydrogen) atoms. The van der Waals surface area contributed by atoms with Gasteiger partial charge in [0.25, 0.3) is 10.0 Å². The second-order valence-electron chi connectivity index (χ2n) is 3.69. The number of rotatable bonds is 3. The van der Waals surface area contributed by atoms with Crippen LogP contribution in [0.1, 0.15) is 0 Å². The zero-order valence-electron chi connectivity index (χ0n) is 9.62. The van der Waals surface area contributed by atoms with E-state index >= 15 is 0 Å². The van der Waals surface area contributed by atoms with Crippen molar-refractivity contribution in [2.75, 3.05) is 10.5 Å². The minimum absolute atomic E-state index is 0.0466. The fourth-order valence-corrected chi connectivity index (χ4v) is 2.71. The van der Waals surface area contributed by atoms with Crippen molar-refractivity contribution in [3.05, 3.63) is 17.7 Å². The Labute approximate surface area is 116 Å². The Morgan fingerprint density at radius 3 is 2.85 bits per heavy atom. The van der Waals surface area contributed by atoms with Crippen molar-refractivity contribution in [2.24, 2.45) is 0 Å². The van der Waals surface area contributed by atoms with Gasteiger partial charge in [0, 0.05) is 0 Å². The quantitative estimate of drug-likeness (QED) is 0.500. The zero-order chi connectivity index (χ0) is 14.3. The van der Waals surface area contributed by atoms with E-state index in [9.17, 15) is 8.42 Å². The number of H-pyrrole nitrogens is 2. The molecule has 0 saturated heterocycles. The summed E-state index contributed by atoms with van der Waals surface area (Å²) in [6, 6.07) is 0. The normalized spacial score (nSPS) is 11.8. The summed E-state index contributed by atoms with van der Waals surface area (Å²) in [5.74, 6) is -0.306. The van der Waals surface area contributed by atoms with Gasteiger partial charge in [-0.15, -0.1) is 0 Å². The van der Waals surface area contributed by atoms with Crippen LogP contribution in [-0.2, 0) is 10.0 Å². The highest BCUT2D eigenvalue weighted by atomic mass is 35.5. The number of anilines is 2. The van der Waals surface area contributed by atoms with E-state index < -0.39 is 10.0 Å². The number of nitrogen functional groups attached to an aromatic ring is 1. The summed E-state index contributed by atoms with van der Waals surface area (Å²) in [4.78, 5) is 14.1. The molecule has 0 amide bonds. The molecule has 3 heterocycles. The summed E-state index contributed by atoms with van der Waals surface area (Å²) >= 11 is 5.89. The molecular formula is C8H7ClN8O2S. The largest absolute Gasteiger partial charge is 0.383 e. The van der Waals surface area contributed by atoms with Gasteiger partial charge in [-0.3, -0.25) is 5.10 Å². The van der Waals surface area contributed by atoms with Gasteiger partial charge in [-0.05, 0) is 0 Å². The van der Waals surface area contributed by atoms with Gasteiger partial charge in [-0.25, -0.2) is 18.1 Å². The average Bonchev–Trinajstić information content (AvgIpc) is 2.97. The van der Waals surface area contributed by atoms with Gasteiger partial charge >= 0.3 is 0 Å². The van der Waals surface area contributed by atoms with Crippen LogP contribution in [0.2, 0.25) is 5.15 Å². The monoisotopic (exact) mass is 314 g/mol. The number of imidazole rings is 1. The zero-order valence-corrected chi connectivity index (χ0v) is 11.2. The number of nitrogens with zero attached hydrogens (tertiary/aromatic N) is 4. The lowest BCUT2D eigenvalue weighted by Gasteiger charge is -2.05. The lowest BCUT2D eigenvalue weighted by atomic mass is 10.6. The van der Waals surface area contributed by atoms with E-state index in [1.165, 1.54) is 6.33 Å². The highest BCUT2D eigenvalue weighted by molar-refractivity contribution is 7.92. The van der Waals surface area contributed by atoms with Gasteiger partial charge in [-0.1, -0.05) is 11.6 Å². The number of nitrogens with two attached hydrogens (primary N) is 1. The first-order chi connectivity index (χ1) is 9.47. The van der Waals surface area contributed by atoms with Crippen molar-refractivity contribution in [3.8, 4) is 0 Å². The van der Waals surface area contributed by atoms with Gasteiger partial charge in [-0.2, -0.15) is 15.1 Å². The lowest BCUT2D eigenvalue weighted by molar-refractivity contribution is 0.601. The summed E-state index contributed by atoms with van der Waals surface area (Å²) in [6.07, 6.45) is 2.45. The molecule has 0 atom stereocenters. The average molecular weight is 315 g/mol. The van der Waals surface area contributed by atoms with E-state index in [1.807, 2.05) is 0 Å². The van der Waals surface area contributed by atoms with Crippen LogP contribution in [0.25, 0.3) is 11.2 Å². The third-order valence-electron chi connectivity index (χ3n) is 2.39. The van der Waals surface area contributed by atoms with E-state index in [0.717, 1.165) is 6.20 Å². The van der Waals surface area contributed by atoms with Crippen LogP contribution >= 0.6 is 11.6 Å². The molecule has 0 saturated carbocycles. The Hall–Kier alpha value is -2.40. The number of aromatic nitrogens is 6. The Morgan fingerprint density at radius 1 is 1.35 bits per heavy atom. The molecule has 0 radical (unpaired) electrons. The second kappa shape index (κ2) is 4.31. The van der Waals surface area contributed by atoms with Gasteiger partial charge < -0.3 is 10.7 Å². The van der Waals surface area contributed by atoms with Crippen LogP contribution in [0.4, 0.5) is 11.8 Å². The predicted molar refractivity (Wildman–Crippen MR) is 70.5 cm³/mol. The summed E-state index contributed by atoms with van der Waals surface area (Å²) < 4.78 is 26.3. The molecule has 0 bridgehead atoms. The van der Waals surface area contributed by atoms with Crippen LogP contribution in [-0.4, -0.2) is 38.6 Å². The summed E-state index contributed by atoms with van der Waals surface area (Å²) in [6.45, 7) is 0. The fraction of sp³-hybridized carbons (Fsp3) is 0. The van der Waals surface area contributed by atoms with E-state index in [-0.39, 0.29) is 27.5 Å². The molecule has 0 unspecified atom stereocenters. The van der Waals surface area contributed by atoms with Crippen molar-refractivity contribution < 1.29 is 8.42 Å². The molecule has 0 aliphatic heterocycles. The Balaban J connectivity index is 2.03. The Morgan fingerprint density at radius 2 is 2.15 bits per heavy atom. The maximum Gasteiger partial charge on any atom is 0.269 e. The van der Waals surface area contributed by atoms with Gasteiger partial charge in [0.1, 0.15) is 16.2 Å². The lowest BCUT2D eigenvalue weighted by Crippen LogP contribution is -2.16. The van der Waals surface area contributed by atoms with Gasteiger partial charge in [0.15, 0.2) is 10.8 Å². The molecule has 3 aromatic heterocycles. The van der Waals surface area contributed by atoms with Crippen LogP contribution in [0.15, 0.2) is 17.4 Å². The topological polar surface area (TPSA) is 155 Å². The minimum Gasteiger partial charge on any atom is -0.383 e. The predicted octanol–water partition coefficient (Wildman–Crippen LogP) is 0.112. The van der Waals surface area contributed by atoms with Crippen LogP contribution in [0.5, 0.6) is 0 Å². The molecule has 0 aliphatic carbocycles. The number of hydrogen-bond acceptors (Lipinski definition) is 7. The molecule has 5 N–H and O–H groups in total. The Bertz CT molecular complexity index is 885. The number of halogens is 1. The number of sulfonamides is 1. The second-order valence-corrected chi connectivity index (χ2v) is 5.70. The highest BCUT2D eigenvalue weighted by Crippen LogP contribution is 2.21.